The van der Waals surface area contributed by atoms with Crippen LogP contribution in [0.1, 0.15) is 36.5 Å². The average Bonchev–Trinajstić information content (AvgIpc) is 2.98. The van der Waals surface area contributed by atoms with Crippen LogP contribution in [0.4, 0.5) is 0 Å². The van der Waals surface area contributed by atoms with Crippen LogP contribution in [-0.4, -0.2) is 32.1 Å². The van der Waals surface area contributed by atoms with Crippen molar-refractivity contribution in [2.45, 2.75) is 26.2 Å². The minimum Gasteiger partial charge on any atom is -0.494 e. The third-order valence-corrected chi connectivity index (χ3v) is 3.57. The van der Waals surface area contributed by atoms with Crippen molar-refractivity contribution in [1.82, 2.24) is 10.6 Å². The van der Waals surface area contributed by atoms with E-state index in [1.165, 1.54) is 6.42 Å². The molecule has 1 saturated heterocycles. The summed E-state index contributed by atoms with van der Waals surface area (Å²) < 4.78 is 5.54. The highest BCUT2D eigenvalue weighted by molar-refractivity contribution is 5.94. The molecule has 4 nitrogen and oxygen atoms in total. The highest BCUT2D eigenvalue weighted by Crippen LogP contribution is 2.14. The number of amides is 1. The fraction of sp³-hybridized carbons (Fsp3) is 0.562. The monoisotopic (exact) mass is 276 g/mol. The number of rotatable bonds is 7. The Hall–Kier alpha value is -1.55. The largest absolute Gasteiger partial charge is 0.494 e. The summed E-state index contributed by atoms with van der Waals surface area (Å²) in [6.07, 6.45) is 3.23. The lowest BCUT2D eigenvalue weighted by molar-refractivity contribution is 0.0951. The smallest absolute Gasteiger partial charge is 0.251 e. The number of carbonyl (C=O) groups is 1. The summed E-state index contributed by atoms with van der Waals surface area (Å²) in [5.41, 5.74) is 0.670. The molecule has 20 heavy (non-hydrogen) atoms. The fourth-order valence-corrected chi connectivity index (χ4v) is 2.40. The summed E-state index contributed by atoms with van der Waals surface area (Å²) in [5.74, 6) is 1.45. The standard InChI is InChI=1S/C16H24N2O2/c1-2-10-20-15-5-3-4-14(11-15)16(19)18-9-7-13-6-8-17-12-13/h3-5,11,13,17H,2,6-10,12H2,1H3,(H,18,19). The maximum atomic E-state index is 12.1. The molecule has 0 bridgehead atoms. The van der Waals surface area contributed by atoms with Crippen LogP contribution >= 0.6 is 0 Å². The molecule has 1 atom stereocenters. The first-order chi connectivity index (χ1) is 9.79. The van der Waals surface area contributed by atoms with E-state index in [-0.39, 0.29) is 5.91 Å². The van der Waals surface area contributed by atoms with Crippen molar-refractivity contribution in [2.75, 3.05) is 26.2 Å². The van der Waals surface area contributed by atoms with E-state index in [0.29, 0.717) is 18.1 Å². The molecule has 4 heteroatoms. The van der Waals surface area contributed by atoms with Crippen molar-refractivity contribution in [3.63, 3.8) is 0 Å². The number of hydrogen-bond acceptors (Lipinski definition) is 3. The first-order valence-electron chi connectivity index (χ1n) is 7.51. The molecule has 1 unspecified atom stereocenters. The molecule has 1 aliphatic heterocycles. The van der Waals surface area contributed by atoms with Crippen LogP contribution < -0.4 is 15.4 Å². The molecule has 0 radical (unpaired) electrons. The molecule has 110 valence electrons. The molecule has 1 aromatic rings. The van der Waals surface area contributed by atoms with Gasteiger partial charge >= 0.3 is 0 Å². The molecule has 1 aliphatic rings. The molecule has 1 amide bonds. The Morgan fingerprint density at radius 1 is 1.50 bits per heavy atom. The highest BCUT2D eigenvalue weighted by Gasteiger charge is 2.14. The minimum atomic E-state index is -0.0158. The molecule has 0 spiro atoms. The van der Waals surface area contributed by atoms with Crippen LogP contribution in [0, 0.1) is 5.92 Å². The second kappa shape index (κ2) is 7.90. The van der Waals surface area contributed by atoms with Gasteiger partial charge < -0.3 is 15.4 Å². The van der Waals surface area contributed by atoms with Crippen molar-refractivity contribution in [2.24, 2.45) is 5.92 Å². The molecular weight excluding hydrogens is 252 g/mol. The van der Waals surface area contributed by atoms with Crippen LogP contribution in [-0.2, 0) is 0 Å². The van der Waals surface area contributed by atoms with Crippen LogP contribution in [0.3, 0.4) is 0 Å². The van der Waals surface area contributed by atoms with Crippen molar-refractivity contribution < 1.29 is 9.53 Å². The lowest BCUT2D eigenvalue weighted by Crippen LogP contribution is -2.26. The Labute approximate surface area is 120 Å². The van der Waals surface area contributed by atoms with Gasteiger partial charge in [-0.1, -0.05) is 13.0 Å². The average molecular weight is 276 g/mol. The number of benzene rings is 1. The van der Waals surface area contributed by atoms with Crippen molar-refractivity contribution in [3.05, 3.63) is 29.8 Å². The predicted molar refractivity (Wildman–Crippen MR) is 80.2 cm³/mol. The van der Waals surface area contributed by atoms with E-state index in [0.717, 1.165) is 38.2 Å². The van der Waals surface area contributed by atoms with Crippen LogP contribution in [0.2, 0.25) is 0 Å². The van der Waals surface area contributed by atoms with Gasteiger partial charge in [0.25, 0.3) is 5.91 Å². The topological polar surface area (TPSA) is 50.4 Å². The van der Waals surface area contributed by atoms with Crippen molar-refractivity contribution >= 4 is 5.91 Å². The lowest BCUT2D eigenvalue weighted by Gasteiger charge is -2.10. The SMILES string of the molecule is CCCOc1cccc(C(=O)NCCC2CCNC2)c1. The Morgan fingerprint density at radius 2 is 2.40 bits per heavy atom. The normalized spacial score (nSPS) is 17.9. The maximum Gasteiger partial charge on any atom is 0.251 e. The molecule has 0 aliphatic carbocycles. The first kappa shape index (κ1) is 14.9. The van der Waals surface area contributed by atoms with E-state index >= 15 is 0 Å². The maximum absolute atomic E-state index is 12.1. The van der Waals surface area contributed by atoms with Crippen LogP contribution in [0.5, 0.6) is 5.75 Å². The minimum absolute atomic E-state index is 0.0158. The number of ether oxygens (including phenoxy) is 1. The van der Waals surface area contributed by atoms with Gasteiger partial charge in [0.15, 0.2) is 0 Å². The van der Waals surface area contributed by atoms with E-state index in [4.69, 9.17) is 4.74 Å². The van der Waals surface area contributed by atoms with E-state index in [1.54, 1.807) is 0 Å². The number of hydrogen-bond donors (Lipinski definition) is 2. The summed E-state index contributed by atoms with van der Waals surface area (Å²) in [7, 11) is 0. The van der Waals surface area contributed by atoms with Crippen LogP contribution in [0.25, 0.3) is 0 Å². The van der Waals surface area contributed by atoms with Gasteiger partial charge in [-0.25, -0.2) is 0 Å². The molecule has 1 heterocycles. The second-order valence-electron chi connectivity index (χ2n) is 5.28. The van der Waals surface area contributed by atoms with Gasteiger partial charge in [-0.05, 0) is 56.5 Å². The quantitative estimate of drug-likeness (QED) is 0.803. The molecular formula is C16H24N2O2. The zero-order valence-corrected chi connectivity index (χ0v) is 12.2. The van der Waals surface area contributed by atoms with Gasteiger partial charge in [-0.15, -0.1) is 0 Å². The van der Waals surface area contributed by atoms with Gasteiger partial charge in [0.1, 0.15) is 5.75 Å². The van der Waals surface area contributed by atoms with Gasteiger partial charge in [0, 0.05) is 12.1 Å². The molecule has 1 aromatic carbocycles. The predicted octanol–water partition coefficient (Wildman–Crippen LogP) is 2.20. The summed E-state index contributed by atoms with van der Waals surface area (Å²) in [5, 5.41) is 6.33. The summed E-state index contributed by atoms with van der Waals surface area (Å²) in [6.45, 7) is 5.67. The van der Waals surface area contributed by atoms with Gasteiger partial charge in [0.05, 0.1) is 6.61 Å². The lowest BCUT2D eigenvalue weighted by atomic mass is 10.1. The van der Waals surface area contributed by atoms with E-state index in [2.05, 4.69) is 17.6 Å². The van der Waals surface area contributed by atoms with E-state index < -0.39 is 0 Å². The fourth-order valence-electron chi connectivity index (χ4n) is 2.40. The molecule has 2 rings (SSSR count). The van der Waals surface area contributed by atoms with Crippen molar-refractivity contribution in [3.8, 4) is 5.75 Å². The van der Waals surface area contributed by atoms with Gasteiger partial charge in [-0.3, -0.25) is 4.79 Å². The number of carbonyl (C=O) groups excluding carboxylic acids is 1. The van der Waals surface area contributed by atoms with E-state index in [9.17, 15) is 4.79 Å². The first-order valence-corrected chi connectivity index (χ1v) is 7.51. The van der Waals surface area contributed by atoms with Crippen molar-refractivity contribution in [1.29, 1.82) is 0 Å². The Balaban J connectivity index is 1.78. The summed E-state index contributed by atoms with van der Waals surface area (Å²) in [6, 6.07) is 7.38. The zero-order valence-electron chi connectivity index (χ0n) is 12.2. The van der Waals surface area contributed by atoms with E-state index in [1.807, 2.05) is 24.3 Å². The molecule has 1 fully saturated rings. The highest BCUT2D eigenvalue weighted by atomic mass is 16.5. The van der Waals surface area contributed by atoms with Gasteiger partial charge in [0.2, 0.25) is 0 Å². The summed E-state index contributed by atoms with van der Waals surface area (Å²) >= 11 is 0. The molecule has 0 saturated carbocycles. The Morgan fingerprint density at radius 3 is 3.15 bits per heavy atom. The Kier molecular flexibility index (Phi) is 5.87. The zero-order chi connectivity index (χ0) is 14.2. The summed E-state index contributed by atoms with van der Waals surface area (Å²) in [4.78, 5) is 12.1. The second-order valence-corrected chi connectivity index (χ2v) is 5.28. The van der Waals surface area contributed by atoms with Gasteiger partial charge in [-0.2, -0.15) is 0 Å². The third kappa shape index (κ3) is 4.53. The van der Waals surface area contributed by atoms with Crippen LogP contribution in [0.15, 0.2) is 24.3 Å². The number of nitrogens with one attached hydrogen (secondary N) is 2. The third-order valence-electron chi connectivity index (χ3n) is 3.57. The molecule has 2 N–H and O–H groups in total. The Bertz CT molecular complexity index is 428. The molecule has 0 aromatic heterocycles.